The molecule has 1 aliphatic heterocycles. The number of pyridine rings is 1. The molecule has 0 spiro atoms. The Kier molecular flexibility index (Phi) is 5.57. The van der Waals surface area contributed by atoms with Crippen molar-refractivity contribution in [1.29, 1.82) is 0 Å². The van der Waals surface area contributed by atoms with E-state index in [9.17, 15) is 22.7 Å². The van der Waals surface area contributed by atoms with Crippen molar-refractivity contribution in [2.75, 3.05) is 11.1 Å². The van der Waals surface area contributed by atoms with Crippen LogP contribution in [-0.2, 0) is 5.54 Å². The van der Waals surface area contributed by atoms with Crippen LogP contribution in [0.15, 0.2) is 35.5 Å². The fraction of sp³-hybridized carbons (Fsp3) is 0.316. The van der Waals surface area contributed by atoms with Gasteiger partial charge in [0.1, 0.15) is 17.1 Å². The van der Waals surface area contributed by atoms with Crippen LogP contribution in [0.2, 0.25) is 5.02 Å². The summed E-state index contributed by atoms with van der Waals surface area (Å²) in [5, 5.41) is 0.371. The van der Waals surface area contributed by atoms with Crippen molar-refractivity contribution in [2.24, 2.45) is 10.7 Å². The first-order chi connectivity index (χ1) is 13.8. The minimum absolute atomic E-state index is 0.0699. The Bertz CT molecular complexity index is 1060. The minimum atomic E-state index is -3.87. The molecule has 0 unspecified atom stereocenters. The minimum Gasteiger partial charge on any atom is -0.383 e. The molecule has 162 valence electrons. The van der Waals surface area contributed by atoms with Crippen LogP contribution in [0.25, 0.3) is 0 Å². The Morgan fingerprint density at radius 2 is 2.00 bits per heavy atom. The molecule has 2 aromatic rings. The molecule has 7 nitrogen and oxygen atoms in total. The van der Waals surface area contributed by atoms with E-state index in [1.165, 1.54) is 25.3 Å². The second-order valence-corrected chi connectivity index (χ2v) is 10.3. The van der Waals surface area contributed by atoms with Crippen molar-refractivity contribution < 1.29 is 22.7 Å². The topological polar surface area (TPSA) is 121 Å². The molecular weight excluding hydrogens is 438 g/mol. The van der Waals surface area contributed by atoms with Gasteiger partial charge in [-0.25, -0.2) is 13.8 Å². The number of nitrogens with one attached hydrogen (secondary N) is 1. The fourth-order valence-corrected chi connectivity index (χ4v) is 5.08. The number of carbonyl (C=O) groups is 1. The summed E-state index contributed by atoms with van der Waals surface area (Å²) in [5.41, 5.74) is 4.93. The summed E-state index contributed by atoms with van der Waals surface area (Å²) in [6.07, 6.45) is 1.33. The molecule has 11 heteroatoms. The molecule has 0 radical (unpaired) electrons. The van der Waals surface area contributed by atoms with Gasteiger partial charge in [-0.05, 0) is 50.6 Å². The van der Waals surface area contributed by atoms with Crippen molar-refractivity contribution >= 4 is 39.6 Å². The van der Waals surface area contributed by atoms with Crippen molar-refractivity contribution in [3.63, 3.8) is 0 Å². The molecule has 1 aromatic carbocycles. The average Bonchev–Trinajstić information content (AvgIpc) is 2.61. The average molecular weight is 459 g/mol. The second-order valence-electron chi connectivity index (χ2n) is 7.47. The molecule has 0 saturated heterocycles. The highest BCUT2D eigenvalue weighted by Crippen LogP contribution is 2.60. The zero-order valence-electron chi connectivity index (χ0n) is 16.4. The summed E-state index contributed by atoms with van der Waals surface area (Å²) in [5.74, 6) is -2.46. The lowest BCUT2D eigenvalue weighted by atomic mass is 9.93. The molecule has 30 heavy (non-hydrogen) atoms. The Morgan fingerprint density at radius 3 is 2.60 bits per heavy atom. The predicted molar refractivity (Wildman–Crippen MR) is 115 cm³/mol. The molecule has 2 heterocycles. The van der Waals surface area contributed by atoms with Crippen LogP contribution in [0.4, 0.5) is 14.5 Å². The number of carbonyl (C=O) groups excluding carboxylic acids is 1. The maximum atomic E-state index is 14.6. The summed E-state index contributed by atoms with van der Waals surface area (Å²) in [4.78, 5) is 20.6. The Hall–Kier alpha value is -2.27. The number of aromatic nitrogens is 1. The third-order valence-corrected chi connectivity index (χ3v) is 7.59. The number of halogens is 3. The molecule has 0 bridgehead atoms. The van der Waals surface area contributed by atoms with E-state index in [2.05, 4.69) is 15.3 Å². The van der Waals surface area contributed by atoms with Crippen LogP contribution in [0.1, 0.15) is 35.5 Å². The van der Waals surface area contributed by atoms with Gasteiger partial charge in [0.05, 0.1) is 10.8 Å². The predicted octanol–water partition coefficient (Wildman–Crippen LogP) is 4.46. The summed E-state index contributed by atoms with van der Waals surface area (Å²) >= 11 is 5.85. The van der Waals surface area contributed by atoms with E-state index in [1.807, 2.05) is 0 Å². The number of aliphatic imine (C=N–C) groups is 1. The Morgan fingerprint density at radius 1 is 1.33 bits per heavy atom. The summed E-state index contributed by atoms with van der Waals surface area (Å²) in [7, 11) is -3.87. The number of amides is 1. The molecular formula is C19H21ClF2N4O3S. The normalized spacial score (nSPS) is 26.6. The monoisotopic (exact) mass is 458 g/mol. The van der Waals surface area contributed by atoms with Crippen LogP contribution >= 0.6 is 22.2 Å². The quantitative estimate of drug-likeness (QED) is 0.541. The molecule has 2 atom stereocenters. The number of nitrogens with zero attached hydrogens (tertiary/aromatic N) is 2. The van der Waals surface area contributed by atoms with Gasteiger partial charge in [0, 0.05) is 17.4 Å². The first kappa shape index (κ1) is 22.4. The lowest BCUT2D eigenvalue weighted by Gasteiger charge is -2.50. The highest BCUT2D eigenvalue weighted by atomic mass is 35.5. The van der Waals surface area contributed by atoms with E-state index in [-0.39, 0.29) is 16.9 Å². The van der Waals surface area contributed by atoms with E-state index >= 15 is 0 Å². The number of aryl methyl sites for hydroxylation is 1. The van der Waals surface area contributed by atoms with Crippen molar-refractivity contribution in [3.8, 4) is 0 Å². The zero-order chi connectivity index (χ0) is 22.5. The Labute approximate surface area is 178 Å². The van der Waals surface area contributed by atoms with Gasteiger partial charge in [0.2, 0.25) is 0 Å². The molecule has 0 saturated carbocycles. The van der Waals surface area contributed by atoms with Gasteiger partial charge in [-0.15, -0.1) is 0 Å². The largest absolute Gasteiger partial charge is 0.383 e. The third kappa shape index (κ3) is 3.87. The number of hydrogen-bond donors (Lipinski definition) is 4. The molecule has 1 aromatic heterocycles. The third-order valence-electron chi connectivity index (χ3n) is 4.99. The van der Waals surface area contributed by atoms with Gasteiger partial charge in [-0.1, -0.05) is 11.6 Å². The maximum absolute atomic E-state index is 14.6. The van der Waals surface area contributed by atoms with Gasteiger partial charge in [0.25, 0.3) is 10.9 Å². The highest BCUT2D eigenvalue weighted by Gasteiger charge is 2.52. The van der Waals surface area contributed by atoms with E-state index in [4.69, 9.17) is 17.3 Å². The van der Waals surface area contributed by atoms with Crippen LogP contribution in [-0.4, -0.2) is 36.6 Å². The van der Waals surface area contributed by atoms with Gasteiger partial charge >= 0.3 is 0 Å². The van der Waals surface area contributed by atoms with Gasteiger partial charge in [-0.3, -0.25) is 18.9 Å². The molecule has 1 amide bonds. The zero-order valence-corrected chi connectivity index (χ0v) is 18.0. The highest BCUT2D eigenvalue weighted by molar-refractivity contribution is 8.26. The standard InChI is InChI=1S/C19H21ClF2N4O3S/c1-10-6-11(20)8-24-15(10)16(27)25-12-4-5-14(21)13(7-12)18(2)9-30(28,29)19(3,22)17(23)26-18/h4-8,28-29H,9H2,1-3H3,(H2,23,26)(H,25,27)/t18-,19+/m0/s1. The number of rotatable bonds is 3. The van der Waals surface area contributed by atoms with E-state index in [1.54, 1.807) is 13.0 Å². The van der Waals surface area contributed by atoms with E-state index < -0.39 is 44.4 Å². The number of alkyl halides is 1. The first-order valence-corrected chi connectivity index (χ1v) is 10.9. The fourth-order valence-electron chi connectivity index (χ4n) is 3.22. The van der Waals surface area contributed by atoms with Crippen molar-refractivity contribution in [1.82, 2.24) is 4.98 Å². The van der Waals surface area contributed by atoms with Crippen LogP contribution < -0.4 is 11.1 Å². The van der Waals surface area contributed by atoms with Crippen LogP contribution in [0.3, 0.4) is 0 Å². The molecule has 3 rings (SSSR count). The van der Waals surface area contributed by atoms with Gasteiger partial charge in [-0.2, -0.15) is 10.6 Å². The first-order valence-electron chi connectivity index (χ1n) is 8.80. The van der Waals surface area contributed by atoms with E-state index in [0.29, 0.717) is 10.6 Å². The number of benzene rings is 1. The van der Waals surface area contributed by atoms with Crippen LogP contribution in [0, 0.1) is 12.7 Å². The van der Waals surface area contributed by atoms with Crippen molar-refractivity contribution in [3.05, 3.63) is 58.1 Å². The molecule has 0 aliphatic carbocycles. The van der Waals surface area contributed by atoms with Gasteiger partial charge in [0.15, 0.2) is 5.84 Å². The molecule has 1 aliphatic rings. The summed E-state index contributed by atoms with van der Waals surface area (Å²) in [6.45, 7) is 4.01. The van der Waals surface area contributed by atoms with Crippen LogP contribution in [0.5, 0.6) is 0 Å². The summed E-state index contributed by atoms with van der Waals surface area (Å²) in [6, 6.07) is 5.31. The lowest BCUT2D eigenvalue weighted by Crippen LogP contribution is -2.51. The SMILES string of the molecule is Cc1cc(Cl)cnc1C(=O)Nc1ccc(F)c([C@]2(C)CS(O)(O)[C@@](C)(F)C(N)=N2)c1. The summed E-state index contributed by atoms with van der Waals surface area (Å²) < 4.78 is 49.8. The molecule has 0 fully saturated rings. The number of hydrogen-bond acceptors (Lipinski definition) is 6. The maximum Gasteiger partial charge on any atom is 0.274 e. The van der Waals surface area contributed by atoms with Crippen molar-refractivity contribution in [2.45, 2.75) is 31.3 Å². The molecule has 5 N–H and O–H groups in total. The van der Waals surface area contributed by atoms with E-state index in [0.717, 1.165) is 13.0 Å². The second kappa shape index (κ2) is 7.45. The smallest absolute Gasteiger partial charge is 0.274 e. The lowest BCUT2D eigenvalue weighted by molar-refractivity contribution is 0.102. The Balaban J connectivity index is 1.98. The van der Waals surface area contributed by atoms with Gasteiger partial charge < -0.3 is 11.1 Å². The number of nitrogens with two attached hydrogens (primary N) is 1. The number of amidine groups is 1. The number of anilines is 1.